The average molecular weight is 922 g/mol. The summed E-state index contributed by atoms with van der Waals surface area (Å²) in [7, 11) is 0. The highest BCUT2D eigenvalue weighted by atomic mass is 35.5. The smallest absolute Gasteiger partial charge is 0.246 e. The van der Waals surface area contributed by atoms with E-state index in [0.29, 0.717) is 69.6 Å². The second kappa shape index (κ2) is 16.6. The Bertz CT molecular complexity index is 2220. The van der Waals surface area contributed by atoms with Gasteiger partial charge < -0.3 is 15.1 Å². The van der Waals surface area contributed by atoms with Crippen LogP contribution in [-0.2, 0) is 14.4 Å². The fraction of sp³-hybridized carbons (Fsp3) is 0.596. The summed E-state index contributed by atoms with van der Waals surface area (Å²) in [5, 5.41) is 5.23. The van der Waals surface area contributed by atoms with Gasteiger partial charge in [0.05, 0.1) is 25.5 Å². The van der Waals surface area contributed by atoms with Crippen LogP contribution in [0.15, 0.2) is 60.2 Å². The summed E-state index contributed by atoms with van der Waals surface area (Å²) in [4.78, 5) is 45.8. The second-order valence-electron chi connectivity index (χ2n) is 21.9. The molecule has 334 valence electrons. The number of hydrogen-bond donors (Lipinski definition) is 1. The van der Waals surface area contributed by atoms with Gasteiger partial charge in [0.1, 0.15) is 0 Å². The molecular formula is C52H65Cl4N3O3. The first-order valence-corrected chi connectivity index (χ1v) is 24.5. The number of rotatable bonds is 6. The Balaban J connectivity index is 0.993. The minimum Gasteiger partial charge on any atom is -0.349 e. The molecule has 2 aromatic rings. The minimum absolute atomic E-state index is 0.00327. The Morgan fingerprint density at radius 2 is 1.29 bits per heavy atom. The van der Waals surface area contributed by atoms with E-state index in [4.69, 9.17) is 46.4 Å². The van der Waals surface area contributed by atoms with E-state index >= 15 is 4.79 Å². The van der Waals surface area contributed by atoms with Crippen molar-refractivity contribution in [3.8, 4) is 0 Å². The number of piperazine rings is 1. The number of amides is 3. The zero-order valence-corrected chi connectivity index (χ0v) is 40.7. The highest BCUT2D eigenvalue weighted by Crippen LogP contribution is 2.76. The van der Waals surface area contributed by atoms with E-state index in [9.17, 15) is 9.59 Å². The molecule has 3 unspecified atom stereocenters. The lowest BCUT2D eigenvalue weighted by atomic mass is 9.33. The van der Waals surface area contributed by atoms with Crippen molar-refractivity contribution in [2.24, 2.45) is 50.2 Å². The summed E-state index contributed by atoms with van der Waals surface area (Å²) < 4.78 is 0. The van der Waals surface area contributed by atoms with Gasteiger partial charge >= 0.3 is 0 Å². The van der Waals surface area contributed by atoms with Crippen LogP contribution in [0.4, 0.5) is 0 Å². The van der Waals surface area contributed by atoms with Gasteiger partial charge in [-0.2, -0.15) is 0 Å². The average Bonchev–Trinajstić information content (AvgIpc) is 3.22. The molecule has 0 spiro atoms. The third-order valence-corrected chi connectivity index (χ3v) is 19.7. The molecule has 8 atom stereocenters. The largest absolute Gasteiger partial charge is 0.349 e. The molecule has 10 heteroatoms. The second-order valence-corrected chi connectivity index (χ2v) is 23.4. The van der Waals surface area contributed by atoms with Crippen LogP contribution in [0.2, 0.25) is 20.1 Å². The van der Waals surface area contributed by atoms with E-state index < -0.39 is 5.41 Å². The Hall–Kier alpha value is -2.77. The molecule has 1 aliphatic heterocycles. The van der Waals surface area contributed by atoms with Crippen LogP contribution >= 0.6 is 46.4 Å². The number of hydrogen-bond acceptors (Lipinski definition) is 3. The molecule has 1 heterocycles. The SMILES string of the molecule is CC1(C)CC[C@]2(C(=O)N3CCN(C(=O)/C=C/c4cccc(Cl)c4Cl)CC3)CC[C@]3(C)C(=CCC4[C@@]5(C)CC[C@H](NC(=O)/C=C/c6cccc(Cl)c6Cl)C(C)(C)C5CC[C@]43C)C2C1. The predicted octanol–water partition coefficient (Wildman–Crippen LogP) is 13.0. The molecule has 0 bridgehead atoms. The summed E-state index contributed by atoms with van der Waals surface area (Å²) in [5.74, 6) is 1.32. The first-order valence-electron chi connectivity index (χ1n) is 23.0. The Morgan fingerprint density at radius 3 is 1.94 bits per heavy atom. The summed E-state index contributed by atoms with van der Waals surface area (Å²) in [6.07, 6.45) is 19.6. The Kier molecular flexibility index (Phi) is 12.2. The van der Waals surface area contributed by atoms with Gasteiger partial charge in [-0.05, 0) is 144 Å². The summed E-state index contributed by atoms with van der Waals surface area (Å²) >= 11 is 25.2. The van der Waals surface area contributed by atoms with Crippen molar-refractivity contribution < 1.29 is 14.4 Å². The van der Waals surface area contributed by atoms with E-state index in [1.807, 2.05) is 29.2 Å². The number of benzene rings is 2. The molecule has 8 rings (SSSR count). The van der Waals surface area contributed by atoms with E-state index in [1.54, 1.807) is 42.0 Å². The third-order valence-electron chi connectivity index (χ3n) is 18.1. The fourth-order valence-electron chi connectivity index (χ4n) is 14.3. The molecule has 1 saturated heterocycles. The Morgan fingerprint density at radius 1 is 0.694 bits per heavy atom. The van der Waals surface area contributed by atoms with Gasteiger partial charge in [0.25, 0.3) is 0 Å². The molecule has 6 aliphatic rings. The summed E-state index contributed by atoms with van der Waals surface area (Å²) in [6.45, 7) is 19.5. The topological polar surface area (TPSA) is 69.7 Å². The molecule has 0 aromatic heterocycles. The molecule has 1 N–H and O–H groups in total. The standard InChI is InChI=1S/C52H65Cl4N3O3/c1-47(2)24-26-52(46(62)59-30-28-58(29-31-59)43(61)19-15-34-11-9-13-38(54)45(34)56)27-25-50(6)35(36(52)32-47)16-17-40-49(5)22-21-41(48(3,4)39(49)20-23-51(40,50)7)57-42(60)18-14-33-10-8-12-37(53)44(33)55/h8-16,18-19,36,39-41H,17,20-32H2,1-7H3,(H,57,60)/b18-14+,19-15+/t36?,39?,40?,41-,49-,50+,51+,52-/m0/s1. The zero-order valence-electron chi connectivity index (χ0n) is 37.7. The number of halogens is 4. The minimum atomic E-state index is -0.411. The van der Waals surface area contributed by atoms with Gasteiger partial charge in [0.2, 0.25) is 17.7 Å². The van der Waals surface area contributed by atoms with Crippen LogP contribution in [0.25, 0.3) is 12.2 Å². The van der Waals surface area contributed by atoms with Crippen LogP contribution in [0.3, 0.4) is 0 Å². The van der Waals surface area contributed by atoms with Gasteiger partial charge in [0.15, 0.2) is 0 Å². The molecule has 5 fully saturated rings. The molecule has 2 aromatic carbocycles. The third kappa shape index (κ3) is 7.61. The first kappa shape index (κ1) is 45.8. The lowest BCUT2D eigenvalue weighted by Crippen LogP contribution is -2.67. The van der Waals surface area contributed by atoms with Crippen LogP contribution in [-0.4, -0.2) is 59.7 Å². The van der Waals surface area contributed by atoms with Crippen molar-refractivity contribution in [1.82, 2.24) is 15.1 Å². The van der Waals surface area contributed by atoms with E-state index in [2.05, 4.69) is 64.8 Å². The molecule has 62 heavy (non-hydrogen) atoms. The number of carbonyl (C=O) groups is 3. The fourth-order valence-corrected chi connectivity index (χ4v) is 15.0. The number of fused-ring (bicyclic) bond motifs is 7. The van der Waals surface area contributed by atoms with Crippen molar-refractivity contribution >= 4 is 76.3 Å². The maximum absolute atomic E-state index is 15.2. The number of nitrogens with one attached hydrogen (secondary N) is 1. The van der Waals surface area contributed by atoms with Crippen molar-refractivity contribution in [3.63, 3.8) is 0 Å². The molecule has 3 amide bonds. The van der Waals surface area contributed by atoms with Gasteiger partial charge in [-0.15, -0.1) is 0 Å². The quantitative estimate of drug-likeness (QED) is 0.232. The number of nitrogens with zero attached hydrogens (tertiary/aromatic N) is 2. The van der Waals surface area contributed by atoms with Crippen molar-refractivity contribution in [3.05, 3.63) is 91.4 Å². The lowest BCUT2D eigenvalue weighted by molar-refractivity contribution is -0.190. The van der Waals surface area contributed by atoms with Gasteiger partial charge in [-0.25, -0.2) is 0 Å². The van der Waals surface area contributed by atoms with E-state index in [1.165, 1.54) is 0 Å². The molecule has 0 radical (unpaired) electrons. The maximum Gasteiger partial charge on any atom is 0.246 e. The lowest BCUT2D eigenvalue weighted by Gasteiger charge is -2.71. The van der Waals surface area contributed by atoms with Crippen LogP contribution in [0, 0.1) is 50.2 Å². The van der Waals surface area contributed by atoms with Gasteiger partial charge in [-0.1, -0.05) is 131 Å². The van der Waals surface area contributed by atoms with Gasteiger partial charge in [0, 0.05) is 44.4 Å². The summed E-state index contributed by atoms with van der Waals surface area (Å²) in [5.41, 5.74) is 2.87. The molecular weight excluding hydrogens is 856 g/mol. The van der Waals surface area contributed by atoms with Crippen LogP contribution in [0.1, 0.15) is 124 Å². The number of carbonyl (C=O) groups excluding carboxylic acids is 3. The first-order chi connectivity index (χ1) is 29.2. The molecule has 6 nitrogen and oxygen atoms in total. The van der Waals surface area contributed by atoms with Gasteiger partial charge in [-0.3, -0.25) is 14.4 Å². The number of allylic oxidation sites excluding steroid dienone is 2. The highest BCUT2D eigenvalue weighted by molar-refractivity contribution is 6.43. The van der Waals surface area contributed by atoms with Crippen molar-refractivity contribution in [1.29, 1.82) is 0 Å². The van der Waals surface area contributed by atoms with Crippen molar-refractivity contribution in [2.45, 2.75) is 119 Å². The van der Waals surface area contributed by atoms with E-state index in [0.717, 1.165) is 69.8 Å². The monoisotopic (exact) mass is 919 g/mol. The predicted molar refractivity (Wildman–Crippen MR) is 255 cm³/mol. The Labute approximate surface area is 390 Å². The maximum atomic E-state index is 15.2. The van der Waals surface area contributed by atoms with E-state index in [-0.39, 0.29) is 50.8 Å². The van der Waals surface area contributed by atoms with Crippen molar-refractivity contribution in [2.75, 3.05) is 26.2 Å². The molecule has 5 aliphatic carbocycles. The van der Waals surface area contributed by atoms with Crippen LogP contribution < -0.4 is 5.32 Å². The highest BCUT2D eigenvalue weighted by Gasteiger charge is 2.69. The zero-order chi connectivity index (χ0) is 44.6. The molecule has 4 saturated carbocycles. The normalized spacial score (nSPS) is 35.0. The summed E-state index contributed by atoms with van der Waals surface area (Å²) in [6, 6.07) is 10.9. The van der Waals surface area contributed by atoms with Crippen LogP contribution in [0.5, 0.6) is 0 Å².